The second-order valence-electron chi connectivity index (χ2n) is 13.1. The Morgan fingerprint density at radius 3 is 2.52 bits per heavy atom. The molecule has 0 radical (unpaired) electrons. The molecule has 2 aliphatic heterocycles. The van der Waals surface area contributed by atoms with E-state index in [-0.39, 0.29) is 18.8 Å². The number of benzene rings is 2. The molecule has 3 aromatic heterocycles. The van der Waals surface area contributed by atoms with E-state index in [1.807, 2.05) is 19.1 Å². The lowest BCUT2D eigenvalue weighted by Crippen LogP contribution is -2.39. The summed E-state index contributed by atoms with van der Waals surface area (Å²) in [7, 11) is 1.32. The first kappa shape index (κ1) is 39.5. The zero-order valence-electron chi connectivity index (χ0n) is 30.1. The molecular weight excluding hydrogens is 771 g/mol. The third-order valence-electron chi connectivity index (χ3n) is 9.33. The van der Waals surface area contributed by atoms with Gasteiger partial charge in [0.1, 0.15) is 41.9 Å². The normalized spacial score (nSPS) is 24.7. The molecule has 0 bridgehead atoms. The van der Waals surface area contributed by atoms with Crippen molar-refractivity contribution in [1.29, 1.82) is 0 Å². The van der Waals surface area contributed by atoms with E-state index < -0.39 is 73.6 Å². The minimum Gasteiger partial charge on any atom is -0.423 e. The van der Waals surface area contributed by atoms with Crippen LogP contribution >= 0.6 is 18.2 Å². The van der Waals surface area contributed by atoms with Crippen LogP contribution in [0.5, 0.6) is 5.75 Å². The number of fused-ring (bicyclic) bond motifs is 1. The first-order chi connectivity index (χ1) is 26.9. The Bertz CT molecular complexity index is 2340. The molecule has 2 fully saturated rings. The highest BCUT2D eigenvalue weighted by atomic mass is 32.7. The van der Waals surface area contributed by atoms with E-state index in [1.54, 1.807) is 47.0 Å². The fraction of sp³-hybridized carbons (Fsp3) is 0.361. The SMILES string of the molecule is COC1[C@@H](O[P@](=O)(OC[C@H]2O[C@@H](n3cnc4c(N)ccnc43)C[C@H]2O)SCc2ccc(OC(=O)c3ccc(C)cc3)cc2)[C@@H](CO)O[C@H]1n1ccc(=O)[nH]c1=O. The van der Waals surface area contributed by atoms with Crippen LogP contribution in [-0.4, -0.2) is 91.1 Å². The maximum Gasteiger partial charge on any atom is 0.389 e. The van der Waals surface area contributed by atoms with Gasteiger partial charge in [0.15, 0.2) is 11.9 Å². The van der Waals surface area contributed by atoms with Crippen LogP contribution in [0.4, 0.5) is 5.69 Å². The molecule has 2 aromatic carbocycles. The van der Waals surface area contributed by atoms with Crippen LogP contribution in [0.2, 0.25) is 0 Å². The molecule has 5 heterocycles. The lowest BCUT2D eigenvalue weighted by Gasteiger charge is -2.28. The quantitative estimate of drug-likeness (QED) is 0.0716. The summed E-state index contributed by atoms with van der Waals surface area (Å²) in [5, 5.41) is 21.3. The van der Waals surface area contributed by atoms with Gasteiger partial charge in [-0.25, -0.2) is 24.1 Å². The van der Waals surface area contributed by atoms with Gasteiger partial charge in [0.05, 0.1) is 36.9 Å². The number of nitrogens with zero attached hydrogens (tertiary/aromatic N) is 4. The molecule has 8 atom stereocenters. The summed E-state index contributed by atoms with van der Waals surface area (Å²) in [4.78, 5) is 47.9. The van der Waals surface area contributed by atoms with Crippen molar-refractivity contribution in [2.24, 2.45) is 0 Å². The molecule has 2 aliphatic rings. The average Bonchev–Trinajstić information content (AvgIpc) is 3.89. The number of hydrogen-bond donors (Lipinski definition) is 4. The van der Waals surface area contributed by atoms with Gasteiger partial charge in [0.2, 0.25) is 0 Å². The Morgan fingerprint density at radius 2 is 1.80 bits per heavy atom. The van der Waals surface area contributed by atoms with Crippen molar-refractivity contribution in [2.45, 2.75) is 62.1 Å². The molecular formula is C36H39N6O12PS. The summed E-state index contributed by atoms with van der Waals surface area (Å²) in [6.07, 6.45) is -2.98. The molecule has 0 spiro atoms. The summed E-state index contributed by atoms with van der Waals surface area (Å²) in [6, 6.07) is 16.3. The number of ether oxygens (including phenoxy) is 4. The molecule has 7 rings (SSSR count). The molecule has 5 N–H and O–H groups in total. The molecule has 20 heteroatoms. The van der Waals surface area contributed by atoms with Crippen molar-refractivity contribution < 1.29 is 47.6 Å². The number of carbonyl (C=O) groups excluding carboxylic acids is 1. The van der Waals surface area contributed by atoms with Crippen molar-refractivity contribution in [2.75, 3.05) is 26.1 Å². The number of rotatable bonds is 14. The van der Waals surface area contributed by atoms with Crippen molar-refractivity contribution in [3.8, 4) is 5.75 Å². The molecule has 0 saturated carbocycles. The van der Waals surface area contributed by atoms with Crippen LogP contribution in [0, 0.1) is 6.92 Å². The Balaban J connectivity index is 1.09. The van der Waals surface area contributed by atoms with E-state index in [4.69, 9.17) is 33.7 Å². The largest absolute Gasteiger partial charge is 0.423 e. The number of nitrogen functional groups attached to an aromatic ring is 1. The maximum absolute atomic E-state index is 14.8. The number of aliphatic hydroxyl groups is 2. The fourth-order valence-electron chi connectivity index (χ4n) is 6.36. The first-order valence-electron chi connectivity index (χ1n) is 17.4. The Hall–Kier alpha value is -4.69. The number of imidazole rings is 1. The zero-order valence-corrected chi connectivity index (χ0v) is 31.8. The molecule has 18 nitrogen and oxygen atoms in total. The number of aromatic nitrogens is 5. The minimum absolute atomic E-state index is 0.0755. The van der Waals surface area contributed by atoms with Gasteiger partial charge in [-0.3, -0.25) is 28.0 Å². The van der Waals surface area contributed by atoms with Gasteiger partial charge in [-0.1, -0.05) is 29.8 Å². The van der Waals surface area contributed by atoms with E-state index in [0.29, 0.717) is 33.7 Å². The molecule has 296 valence electrons. The highest BCUT2D eigenvalue weighted by molar-refractivity contribution is 8.54. The smallest absolute Gasteiger partial charge is 0.389 e. The van der Waals surface area contributed by atoms with E-state index in [1.165, 1.54) is 25.8 Å². The predicted octanol–water partition coefficient (Wildman–Crippen LogP) is 3.09. The number of methoxy groups -OCH3 is 1. The molecule has 5 aromatic rings. The van der Waals surface area contributed by atoms with Crippen molar-refractivity contribution in [3.05, 3.63) is 117 Å². The lowest BCUT2D eigenvalue weighted by atomic mass is 10.1. The van der Waals surface area contributed by atoms with Gasteiger partial charge in [0, 0.05) is 37.7 Å². The topological polar surface area (TPSA) is 242 Å². The molecule has 2 saturated heterocycles. The standard InChI is InChI=1S/C36H39N6O12PS/c1-20-3-7-22(8-4-20)35(46)51-23-9-5-21(6-10-23)18-56-55(48,54-31-26(16-43)53-34(32(31)49-2)41-14-12-28(45)40-36(41)47)50-17-27-25(44)15-29(52-27)42-19-39-30-24(37)11-13-38-33(30)42/h3-14,19,25-27,29,31-32,34,43-44H,15-18H2,1-2H3,(H2,37,38)(H,40,45,47)/t25-,26-,27-,29-,31+,32?,34-,55+/m1/s1. The lowest BCUT2D eigenvalue weighted by molar-refractivity contribution is -0.0625. The third kappa shape index (κ3) is 8.51. The van der Waals surface area contributed by atoms with Gasteiger partial charge < -0.3 is 34.9 Å². The van der Waals surface area contributed by atoms with Gasteiger partial charge in [-0.15, -0.1) is 0 Å². The van der Waals surface area contributed by atoms with Gasteiger partial charge >= 0.3 is 18.5 Å². The van der Waals surface area contributed by atoms with Gasteiger partial charge in [0.25, 0.3) is 5.56 Å². The van der Waals surface area contributed by atoms with Crippen LogP contribution in [0.1, 0.15) is 40.4 Å². The number of esters is 1. The van der Waals surface area contributed by atoms with Crippen molar-refractivity contribution >= 4 is 41.0 Å². The fourth-order valence-corrected chi connectivity index (χ4v) is 9.75. The Kier molecular flexibility index (Phi) is 11.9. The number of hydrogen-bond acceptors (Lipinski definition) is 16. The number of anilines is 1. The highest BCUT2D eigenvalue weighted by Gasteiger charge is 2.51. The van der Waals surface area contributed by atoms with E-state index >= 15 is 0 Å². The average molecular weight is 811 g/mol. The highest BCUT2D eigenvalue weighted by Crippen LogP contribution is 2.64. The van der Waals surface area contributed by atoms with Crippen LogP contribution in [-0.2, 0) is 33.6 Å². The van der Waals surface area contributed by atoms with E-state index in [0.717, 1.165) is 27.6 Å². The van der Waals surface area contributed by atoms with E-state index in [9.17, 15) is 29.2 Å². The molecule has 0 amide bonds. The number of nitrogens with one attached hydrogen (secondary N) is 1. The summed E-state index contributed by atoms with van der Waals surface area (Å²) in [5.74, 6) is -0.150. The molecule has 56 heavy (non-hydrogen) atoms. The van der Waals surface area contributed by atoms with Crippen molar-refractivity contribution in [3.63, 3.8) is 0 Å². The second kappa shape index (κ2) is 16.8. The number of H-pyrrole nitrogens is 1. The molecule has 0 aliphatic carbocycles. The van der Waals surface area contributed by atoms with Crippen LogP contribution in [0.15, 0.2) is 89.0 Å². The zero-order chi connectivity index (χ0) is 39.6. The molecule has 1 unspecified atom stereocenters. The predicted molar refractivity (Wildman–Crippen MR) is 202 cm³/mol. The van der Waals surface area contributed by atoms with Crippen LogP contribution in [0.25, 0.3) is 11.2 Å². The van der Waals surface area contributed by atoms with Crippen LogP contribution < -0.4 is 21.7 Å². The number of pyridine rings is 1. The number of aliphatic hydroxyl groups excluding tert-OH is 2. The number of nitrogens with two attached hydrogens (primary N) is 1. The minimum atomic E-state index is -4.28. The van der Waals surface area contributed by atoms with Gasteiger partial charge in [-0.2, -0.15) is 0 Å². The van der Waals surface area contributed by atoms with Crippen LogP contribution in [0.3, 0.4) is 0 Å². The number of aromatic amines is 1. The Labute approximate surface area is 322 Å². The monoisotopic (exact) mass is 810 g/mol. The van der Waals surface area contributed by atoms with Crippen molar-refractivity contribution in [1.82, 2.24) is 24.1 Å². The Morgan fingerprint density at radius 1 is 1.04 bits per heavy atom. The summed E-state index contributed by atoms with van der Waals surface area (Å²) in [6.45, 7) is -3.36. The summed E-state index contributed by atoms with van der Waals surface area (Å²) < 4.78 is 52.9. The van der Waals surface area contributed by atoms with Gasteiger partial charge in [-0.05, 0) is 54.2 Å². The maximum atomic E-state index is 14.8. The van der Waals surface area contributed by atoms with E-state index in [2.05, 4.69) is 15.0 Å². The number of aryl methyl sites for hydroxylation is 1. The number of carbonyl (C=O) groups is 1. The summed E-state index contributed by atoms with van der Waals surface area (Å²) in [5.41, 5.74) is 8.05. The third-order valence-corrected chi connectivity index (χ3v) is 13.0. The summed E-state index contributed by atoms with van der Waals surface area (Å²) >= 11 is 0.814. The first-order valence-corrected chi connectivity index (χ1v) is 20.5. The second-order valence-corrected chi connectivity index (χ2v) is 17.1.